The lowest BCUT2D eigenvalue weighted by atomic mass is 10.1. The number of ether oxygens (including phenoxy) is 2. The molecule has 1 saturated heterocycles. The molecule has 0 saturated carbocycles. The Labute approximate surface area is 223 Å². The van der Waals surface area contributed by atoms with E-state index in [1.54, 1.807) is 36.4 Å². The minimum absolute atomic E-state index is 0.00106. The Balaban J connectivity index is 1.29. The van der Waals surface area contributed by atoms with Gasteiger partial charge in [0.15, 0.2) is 17.3 Å². The van der Waals surface area contributed by atoms with E-state index < -0.39 is 5.91 Å². The number of fused-ring (bicyclic) bond motifs is 1. The zero-order chi connectivity index (χ0) is 26.6. The quantitative estimate of drug-likeness (QED) is 0.526. The van der Waals surface area contributed by atoms with Crippen molar-refractivity contribution in [2.45, 2.75) is 32.3 Å². The second-order valence-corrected chi connectivity index (χ2v) is 10.00. The first-order valence-corrected chi connectivity index (χ1v) is 13.0. The molecular weight excluding hydrogens is 509 g/mol. The SMILES string of the molecule is COc1cc(/C=C2/C(=N)N3N=C(CC(=O)N4CCCCC4)SC3=NC2=O)ccc1OCc1ccc(F)cc1. The number of carbonyl (C=O) groups is 2. The minimum atomic E-state index is -0.553. The molecule has 0 atom stereocenters. The average molecular weight is 536 g/mol. The van der Waals surface area contributed by atoms with E-state index in [1.165, 1.54) is 24.3 Å². The standard InChI is InChI=1S/C27H26FN5O4S/c1-36-22-14-18(7-10-21(22)37-16-17-5-8-19(28)9-6-17)13-20-25(29)33-27(30-26(20)35)38-23(31-33)15-24(34)32-11-3-2-4-12-32/h5-10,13-14,29H,2-4,11-12,15-16H2,1H3/b20-13-,29-25?. The van der Waals surface area contributed by atoms with E-state index in [0.29, 0.717) is 22.1 Å². The van der Waals surface area contributed by atoms with Crippen LogP contribution in [-0.2, 0) is 16.2 Å². The van der Waals surface area contributed by atoms with Gasteiger partial charge in [-0.1, -0.05) is 18.2 Å². The van der Waals surface area contributed by atoms with E-state index in [9.17, 15) is 14.0 Å². The fourth-order valence-electron chi connectivity index (χ4n) is 4.29. The number of piperidine rings is 1. The smallest absolute Gasteiger partial charge is 0.283 e. The topological polar surface area (TPSA) is 108 Å². The van der Waals surface area contributed by atoms with E-state index >= 15 is 0 Å². The molecule has 3 aliphatic heterocycles. The predicted octanol–water partition coefficient (Wildman–Crippen LogP) is 4.44. The van der Waals surface area contributed by atoms with Crippen LogP contribution in [0.3, 0.4) is 0 Å². The highest BCUT2D eigenvalue weighted by Gasteiger charge is 2.36. The summed E-state index contributed by atoms with van der Waals surface area (Å²) >= 11 is 1.15. The summed E-state index contributed by atoms with van der Waals surface area (Å²) in [6.07, 6.45) is 4.81. The van der Waals surface area contributed by atoms with E-state index in [2.05, 4.69) is 10.1 Å². The molecule has 2 amide bonds. The first-order chi connectivity index (χ1) is 18.4. The van der Waals surface area contributed by atoms with Gasteiger partial charge < -0.3 is 14.4 Å². The third-order valence-corrected chi connectivity index (χ3v) is 7.22. The van der Waals surface area contributed by atoms with Gasteiger partial charge in [-0.15, -0.1) is 0 Å². The number of thioether (sulfide) groups is 1. The number of nitrogens with zero attached hydrogens (tertiary/aromatic N) is 4. The van der Waals surface area contributed by atoms with E-state index in [4.69, 9.17) is 14.9 Å². The molecule has 1 fully saturated rings. The van der Waals surface area contributed by atoms with Crippen molar-refractivity contribution in [3.63, 3.8) is 0 Å². The van der Waals surface area contributed by atoms with Crippen molar-refractivity contribution in [3.8, 4) is 11.5 Å². The number of likely N-dealkylation sites (tertiary alicyclic amines) is 1. The number of hydrogen-bond acceptors (Lipinski definition) is 7. The minimum Gasteiger partial charge on any atom is -0.493 e. The Bertz CT molecular complexity index is 1370. The van der Waals surface area contributed by atoms with Gasteiger partial charge in [0.05, 0.1) is 19.1 Å². The van der Waals surface area contributed by atoms with Crippen LogP contribution in [0.5, 0.6) is 11.5 Å². The van der Waals surface area contributed by atoms with Crippen molar-refractivity contribution >= 4 is 45.7 Å². The highest BCUT2D eigenvalue weighted by atomic mass is 32.2. The van der Waals surface area contributed by atoms with E-state index in [0.717, 1.165) is 49.7 Å². The number of hydrogen-bond donors (Lipinski definition) is 1. The number of benzene rings is 2. The van der Waals surface area contributed by atoms with Gasteiger partial charge in [-0.05, 0) is 72.5 Å². The van der Waals surface area contributed by atoms with Gasteiger partial charge in [0.25, 0.3) is 5.91 Å². The molecule has 3 aliphatic rings. The monoisotopic (exact) mass is 535 g/mol. The molecule has 0 unspecified atom stereocenters. The highest BCUT2D eigenvalue weighted by Crippen LogP contribution is 2.32. The average Bonchev–Trinajstić information content (AvgIpc) is 3.33. The second-order valence-electron chi connectivity index (χ2n) is 8.96. The summed E-state index contributed by atoms with van der Waals surface area (Å²) in [5.41, 5.74) is 1.48. The van der Waals surface area contributed by atoms with Crippen LogP contribution in [0.1, 0.15) is 36.8 Å². The number of methoxy groups -OCH3 is 1. The molecule has 0 bridgehead atoms. The largest absolute Gasteiger partial charge is 0.493 e. The normalized spacial score (nSPS) is 18.3. The summed E-state index contributed by atoms with van der Waals surface area (Å²) in [5, 5.41) is 15.1. The second kappa shape index (κ2) is 11.2. The Hall–Kier alpha value is -3.99. The summed E-state index contributed by atoms with van der Waals surface area (Å²) < 4.78 is 24.4. The van der Waals surface area contributed by atoms with Crippen LogP contribution in [0.25, 0.3) is 6.08 Å². The fraction of sp³-hybridized carbons (Fsp3) is 0.296. The lowest BCUT2D eigenvalue weighted by molar-refractivity contribution is -0.130. The van der Waals surface area contributed by atoms with Gasteiger partial charge in [0, 0.05) is 13.1 Å². The molecule has 11 heteroatoms. The Kier molecular flexibility index (Phi) is 7.54. The van der Waals surface area contributed by atoms with E-state index in [-0.39, 0.29) is 41.3 Å². The summed E-state index contributed by atoms with van der Waals surface area (Å²) in [6.45, 7) is 1.73. The molecule has 5 rings (SSSR count). The Morgan fingerprint density at radius 2 is 1.89 bits per heavy atom. The number of aliphatic imine (C=N–C) groups is 1. The van der Waals surface area contributed by atoms with Crippen molar-refractivity contribution in [1.82, 2.24) is 9.91 Å². The van der Waals surface area contributed by atoms with Crippen LogP contribution in [-0.4, -0.2) is 58.0 Å². The number of halogens is 1. The van der Waals surface area contributed by atoms with Crippen molar-refractivity contribution in [1.29, 1.82) is 5.41 Å². The zero-order valence-corrected chi connectivity index (χ0v) is 21.6. The van der Waals surface area contributed by atoms with Crippen molar-refractivity contribution in [3.05, 3.63) is 65.0 Å². The molecule has 0 aromatic heterocycles. The lowest BCUT2D eigenvalue weighted by Gasteiger charge is -2.26. The van der Waals surface area contributed by atoms with Gasteiger partial charge in [-0.3, -0.25) is 15.0 Å². The zero-order valence-electron chi connectivity index (χ0n) is 20.8. The summed E-state index contributed by atoms with van der Waals surface area (Å²) in [4.78, 5) is 31.4. The van der Waals surface area contributed by atoms with Gasteiger partial charge in [-0.25, -0.2) is 4.39 Å². The number of hydrazone groups is 1. The third-order valence-electron chi connectivity index (χ3n) is 6.31. The maximum atomic E-state index is 13.1. The number of rotatable bonds is 7. The van der Waals surface area contributed by atoms with Crippen LogP contribution < -0.4 is 9.47 Å². The maximum Gasteiger partial charge on any atom is 0.283 e. The van der Waals surface area contributed by atoms with Crippen LogP contribution in [0.15, 0.2) is 58.1 Å². The first-order valence-electron chi connectivity index (χ1n) is 12.2. The lowest BCUT2D eigenvalue weighted by Crippen LogP contribution is -2.36. The molecule has 9 nitrogen and oxygen atoms in total. The van der Waals surface area contributed by atoms with Crippen molar-refractivity contribution < 1.29 is 23.5 Å². The number of carbonyl (C=O) groups excluding carboxylic acids is 2. The number of amidine groups is 2. The summed E-state index contributed by atoms with van der Waals surface area (Å²) in [5.74, 6) is -0.0597. The molecule has 2 aromatic rings. The molecule has 3 heterocycles. The Morgan fingerprint density at radius 3 is 2.63 bits per heavy atom. The van der Waals surface area contributed by atoms with Gasteiger partial charge in [-0.2, -0.15) is 15.1 Å². The fourth-order valence-corrected chi connectivity index (χ4v) is 5.17. The molecule has 1 N–H and O–H groups in total. The van der Waals surface area contributed by atoms with Gasteiger partial charge >= 0.3 is 0 Å². The van der Waals surface area contributed by atoms with Crippen molar-refractivity contribution in [2.24, 2.45) is 10.1 Å². The third kappa shape index (κ3) is 5.62. The van der Waals surface area contributed by atoms with E-state index in [1.807, 2.05) is 4.90 Å². The van der Waals surface area contributed by atoms with Crippen LogP contribution >= 0.6 is 11.8 Å². The van der Waals surface area contributed by atoms with Gasteiger partial charge in [0.2, 0.25) is 11.1 Å². The molecule has 0 radical (unpaired) electrons. The molecular formula is C27H26FN5O4S. The molecule has 38 heavy (non-hydrogen) atoms. The first kappa shape index (κ1) is 25.7. The number of nitrogens with one attached hydrogen (secondary N) is 1. The van der Waals surface area contributed by atoms with Crippen LogP contribution in [0.4, 0.5) is 4.39 Å². The van der Waals surface area contributed by atoms with Crippen LogP contribution in [0.2, 0.25) is 0 Å². The molecule has 0 aliphatic carbocycles. The molecule has 196 valence electrons. The van der Waals surface area contributed by atoms with Crippen LogP contribution in [0, 0.1) is 11.2 Å². The summed E-state index contributed by atoms with van der Waals surface area (Å²) in [6, 6.07) is 11.2. The Morgan fingerprint density at radius 1 is 1.13 bits per heavy atom. The molecule has 0 spiro atoms. The highest BCUT2D eigenvalue weighted by molar-refractivity contribution is 8.27. The maximum absolute atomic E-state index is 13.1. The van der Waals surface area contributed by atoms with Gasteiger partial charge in [0.1, 0.15) is 17.5 Å². The number of amides is 2. The summed E-state index contributed by atoms with van der Waals surface area (Å²) in [7, 11) is 1.50. The molecule has 2 aromatic carbocycles. The predicted molar refractivity (Wildman–Crippen MR) is 144 cm³/mol. The van der Waals surface area contributed by atoms with Crippen molar-refractivity contribution in [2.75, 3.05) is 20.2 Å².